The summed E-state index contributed by atoms with van der Waals surface area (Å²) in [6.07, 6.45) is 8.79. The number of carbonyl (C=O) groups is 1. The second-order valence-electron chi connectivity index (χ2n) is 8.26. The number of carbonyl (C=O) groups excluding carboxylic acids is 1. The SMILES string of the molecule is C/C=C1/CN(CCC(SC)SC)[C@H]2C[C@@H]1[C@@H](C(=O)OC)c1c2n(C)c2ccccc12. The van der Waals surface area contributed by atoms with Crippen molar-refractivity contribution in [1.29, 1.82) is 0 Å². The molecule has 2 bridgehead atoms. The third-order valence-corrected chi connectivity index (χ3v) is 9.68. The van der Waals surface area contributed by atoms with E-state index in [1.54, 1.807) is 0 Å². The van der Waals surface area contributed by atoms with E-state index in [0.29, 0.717) is 10.6 Å². The van der Waals surface area contributed by atoms with Crippen molar-refractivity contribution >= 4 is 40.4 Å². The first-order valence-corrected chi connectivity index (χ1v) is 13.2. The lowest BCUT2D eigenvalue weighted by Crippen LogP contribution is -2.46. The third-order valence-electron chi connectivity index (χ3n) is 7.01. The Balaban J connectivity index is 1.84. The average Bonchev–Trinajstić information content (AvgIpc) is 3.08. The van der Waals surface area contributed by atoms with Crippen molar-refractivity contribution in [3.05, 3.63) is 47.2 Å². The van der Waals surface area contributed by atoms with E-state index in [0.717, 1.165) is 19.5 Å². The molecule has 1 aliphatic heterocycles. The van der Waals surface area contributed by atoms with Crippen LogP contribution in [0.5, 0.6) is 0 Å². The zero-order valence-corrected chi connectivity index (χ0v) is 20.2. The molecular weight excluding hydrogens is 412 g/mol. The van der Waals surface area contributed by atoms with E-state index in [1.807, 2.05) is 23.5 Å². The van der Waals surface area contributed by atoms with Crippen LogP contribution in [0.2, 0.25) is 0 Å². The number of thioether (sulfide) groups is 2. The predicted octanol–water partition coefficient (Wildman–Crippen LogP) is 5.20. The molecule has 6 heteroatoms. The first kappa shape index (κ1) is 21.8. The largest absolute Gasteiger partial charge is 0.469 e. The Kier molecular flexibility index (Phi) is 6.56. The summed E-state index contributed by atoms with van der Waals surface area (Å²) >= 11 is 3.89. The molecule has 30 heavy (non-hydrogen) atoms. The van der Waals surface area contributed by atoms with Crippen molar-refractivity contribution in [2.45, 2.75) is 36.3 Å². The molecule has 0 amide bonds. The van der Waals surface area contributed by atoms with Crippen molar-refractivity contribution < 1.29 is 9.53 Å². The van der Waals surface area contributed by atoms with Crippen LogP contribution in [0, 0.1) is 5.92 Å². The van der Waals surface area contributed by atoms with Crippen LogP contribution in [-0.4, -0.2) is 52.7 Å². The molecule has 162 valence electrons. The molecule has 1 aliphatic carbocycles. The van der Waals surface area contributed by atoms with Gasteiger partial charge in [-0.05, 0) is 43.9 Å². The molecule has 4 rings (SSSR count). The molecule has 0 N–H and O–H groups in total. The predicted molar refractivity (Wildman–Crippen MR) is 129 cm³/mol. The summed E-state index contributed by atoms with van der Waals surface area (Å²) in [5, 5.41) is 1.20. The summed E-state index contributed by atoms with van der Waals surface area (Å²) < 4.78 is 8.28. The van der Waals surface area contributed by atoms with Crippen LogP contribution in [0.15, 0.2) is 35.9 Å². The number of aryl methyl sites for hydroxylation is 1. The van der Waals surface area contributed by atoms with E-state index in [1.165, 1.54) is 41.3 Å². The maximum atomic E-state index is 13.0. The minimum Gasteiger partial charge on any atom is -0.469 e. The monoisotopic (exact) mass is 444 g/mol. The van der Waals surface area contributed by atoms with Crippen molar-refractivity contribution in [2.75, 3.05) is 32.7 Å². The van der Waals surface area contributed by atoms with Crippen LogP contribution in [-0.2, 0) is 16.6 Å². The van der Waals surface area contributed by atoms with Crippen LogP contribution in [0.3, 0.4) is 0 Å². The summed E-state index contributed by atoms with van der Waals surface area (Å²) in [5.41, 5.74) is 5.08. The Labute approximate surface area is 188 Å². The summed E-state index contributed by atoms with van der Waals surface area (Å²) in [5.74, 6) is -0.0987. The highest BCUT2D eigenvalue weighted by Crippen LogP contribution is 2.53. The fourth-order valence-electron chi connectivity index (χ4n) is 5.56. The van der Waals surface area contributed by atoms with Gasteiger partial charge in [-0.1, -0.05) is 29.8 Å². The number of likely N-dealkylation sites (tertiary alicyclic amines) is 1. The lowest BCUT2D eigenvalue weighted by Gasteiger charge is -2.47. The third kappa shape index (κ3) is 3.51. The summed E-state index contributed by atoms with van der Waals surface area (Å²) in [4.78, 5) is 15.7. The van der Waals surface area contributed by atoms with Crippen molar-refractivity contribution in [3.8, 4) is 0 Å². The molecule has 4 nitrogen and oxygen atoms in total. The molecule has 0 saturated carbocycles. The molecule has 1 fully saturated rings. The Morgan fingerprint density at radius 3 is 2.70 bits per heavy atom. The fourth-order valence-corrected chi connectivity index (χ4v) is 7.02. The molecule has 3 atom stereocenters. The minimum atomic E-state index is -0.217. The number of rotatable bonds is 6. The van der Waals surface area contributed by atoms with Gasteiger partial charge in [-0.15, -0.1) is 0 Å². The van der Waals surface area contributed by atoms with Crippen LogP contribution in [0.4, 0.5) is 0 Å². The highest BCUT2D eigenvalue weighted by molar-refractivity contribution is 8.16. The van der Waals surface area contributed by atoms with Gasteiger partial charge in [-0.2, -0.15) is 23.5 Å². The lowest BCUT2D eigenvalue weighted by atomic mass is 9.68. The van der Waals surface area contributed by atoms with E-state index >= 15 is 0 Å². The second-order valence-corrected chi connectivity index (χ2v) is 10.6. The maximum Gasteiger partial charge on any atom is 0.313 e. The number of para-hydroxylation sites is 1. The molecule has 1 aromatic heterocycles. The summed E-state index contributed by atoms with van der Waals surface area (Å²) in [6.45, 7) is 4.13. The highest BCUT2D eigenvalue weighted by atomic mass is 32.2. The molecule has 0 spiro atoms. The van der Waals surface area contributed by atoms with Gasteiger partial charge in [0, 0.05) is 42.7 Å². The molecule has 1 saturated heterocycles. The van der Waals surface area contributed by atoms with Crippen LogP contribution < -0.4 is 0 Å². The van der Waals surface area contributed by atoms with Crippen molar-refractivity contribution in [2.24, 2.45) is 13.0 Å². The van der Waals surface area contributed by atoms with Gasteiger partial charge in [0.05, 0.1) is 23.7 Å². The molecule has 1 aromatic carbocycles. The van der Waals surface area contributed by atoms with Gasteiger partial charge in [-0.3, -0.25) is 9.69 Å². The number of esters is 1. The second kappa shape index (κ2) is 9.01. The zero-order chi connectivity index (χ0) is 21.4. The van der Waals surface area contributed by atoms with E-state index < -0.39 is 0 Å². The maximum absolute atomic E-state index is 13.0. The zero-order valence-electron chi connectivity index (χ0n) is 18.6. The lowest BCUT2D eigenvalue weighted by molar-refractivity contribution is -0.144. The topological polar surface area (TPSA) is 34.5 Å². The number of piperidine rings is 1. The Hall–Kier alpha value is -1.37. The van der Waals surface area contributed by atoms with Gasteiger partial charge >= 0.3 is 5.97 Å². The van der Waals surface area contributed by atoms with Crippen molar-refractivity contribution in [1.82, 2.24) is 9.47 Å². The number of fused-ring (bicyclic) bond motifs is 6. The first-order chi connectivity index (χ1) is 14.5. The van der Waals surface area contributed by atoms with E-state index in [-0.39, 0.29) is 17.8 Å². The van der Waals surface area contributed by atoms with Crippen LogP contribution in [0.1, 0.15) is 43.0 Å². The number of ether oxygens (including phenoxy) is 1. The molecule has 0 radical (unpaired) electrons. The summed E-state index contributed by atoms with van der Waals surface area (Å²) in [7, 11) is 3.68. The van der Waals surface area contributed by atoms with Gasteiger partial charge in [0.2, 0.25) is 0 Å². The number of methoxy groups -OCH3 is 1. The normalized spacial score (nSPS) is 25.1. The standard InChI is InChI=1S/C24H32N2O2S2/c1-6-15-14-26(12-11-20(29-4)30-5)19-13-17(15)22(24(27)28-3)21-16-9-7-8-10-18(16)25(2)23(19)21/h6-10,17,19-20,22H,11-14H2,1-5H3/b15-6-/t17-,19-,22+/m0/s1. The van der Waals surface area contributed by atoms with Gasteiger partial charge < -0.3 is 9.30 Å². The number of aromatic nitrogens is 1. The molecular formula is C24H32N2O2S2. The number of benzene rings is 1. The molecule has 2 aromatic rings. The Bertz CT molecular complexity index is 964. The quantitative estimate of drug-likeness (QED) is 0.348. The van der Waals surface area contributed by atoms with Gasteiger partial charge in [0.15, 0.2) is 0 Å². The first-order valence-electron chi connectivity index (χ1n) is 10.6. The molecule has 2 aliphatic rings. The number of hydrogen-bond donors (Lipinski definition) is 0. The fraction of sp³-hybridized carbons (Fsp3) is 0.542. The Morgan fingerprint density at radius 2 is 2.03 bits per heavy atom. The minimum absolute atomic E-state index is 0.103. The smallest absolute Gasteiger partial charge is 0.313 e. The summed E-state index contributed by atoms with van der Waals surface area (Å²) in [6, 6.07) is 8.85. The van der Waals surface area contributed by atoms with Gasteiger partial charge in [-0.25, -0.2) is 0 Å². The highest BCUT2D eigenvalue weighted by Gasteiger charge is 2.48. The molecule has 0 unspecified atom stereocenters. The van der Waals surface area contributed by atoms with Gasteiger partial charge in [0.25, 0.3) is 0 Å². The average molecular weight is 445 g/mol. The number of allylic oxidation sites excluding steroid dienone is 1. The van der Waals surface area contributed by atoms with E-state index in [2.05, 4.69) is 66.3 Å². The van der Waals surface area contributed by atoms with Crippen LogP contribution >= 0.6 is 23.5 Å². The van der Waals surface area contributed by atoms with Crippen LogP contribution in [0.25, 0.3) is 10.9 Å². The van der Waals surface area contributed by atoms with E-state index in [9.17, 15) is 4.79 Å². The molecule has 2 heterocycles. The number of nitrogens with zero attached hydrogens (tertiary/aromatic N) is 2. The van der Waals surface area contributed by atoms with E-state index in [4.69, 9.17) is 4.74 Å². The van der Waals surface area contributed by atoms with Gasteiger partial charge in [0.1, 0.15) is 0 Å². The number of hydrogen-bond acceptors (Lipinski definition) is 5. The van der Waals surface area contributed by atoms with Crippen molar-refractivity contribution in [3.63, 3.8) is 0 Å². The Morgan fingerprint density at radius 1 is 1.30 bits per heavy atom.